The number of fused-ring (bicyclic) bond motifs is 2. The van der Waals surface area contributed by atoms with Crippen LogP contribution >= 0.6 is 11.6 Å². The molecule has 4 aromatic carbocycles. The lowest BCUT2D eigenvalue weighted by Crippen LogP contribution is -2.49. The largest absolute Gasteiger partial charge is 0.488 e. The van der Waals surface area contributed by atoms with Crippen molar-refractivity contribution in [2.24, 2.45) is 18.7 Å². The van der Waals surface area contributed by atoms with E-state index >= 15 is 8.78 Å². The zero-order valence-electron chi connectivity index (χ0n) is 37.2. The van der Waals surface area contributed by atoms with Gasteiger partial charge in [0.15, 0.2) is 23.0 Å². The number of carbonyl (C=O) groups excluding carboxylic acids is 4. The second-order valence-corrected chi connectivity index (χ2v) is 18.2. The summed E-state index contributed by atoms with van der Waals surface area (Å²) in [6, 6.07) is 18.7. The quantitative estimate of drug-likeness (QED) is 0.0881. The number of amides is 5. The van der Waals surface area contributed by atoms with Crippen LogP contribution in [-0.2, 0) is 22.2 Å². The Bertz CT molecular complexity index is 2740. The number of hydrogen-bond donors (Lipinski definition) is 5. The zero-order valence-corrected chi connectivity index (χ0v) is 38.0. The number of carbonyl (C=O) groups is 4. The second-order valence-electron chi connectivity index (χ2n) is 17.8. The summed E-state index contributed by atoms with van der Waals surface area (Å²) < 4.78 is 46.3. The zero-order chi connectivity index (χ0) is 47.1. The molecule has 5 aromatic rings. The van der Waals surface area contributed by atoms with Crippen LogP contribution < -0.4 is 41.0 Å². The highest BCUT2D eigenvalue weighted by atomic mass is 35.5. The van der Waals surface area contributed by atoms with Gasteiger partial charge >= 0.3 is 6.03 Å². The summed E-state index contributed by atoms with van der Waals surface area (Å²) in [5.74, 6) is -3.37. The first-order valence-electron chi connectivity index (χ1n) is 22.8. The Morgan fingerprint density at radius 1 is 0.985 bits per heavy atom. The maximum atomic E-state index is 16.4. The van der Waals surface area contributed by atoms with Gasteiger partial charge in [-0.2, -0.15) is 5.10 Å². The summed E-state index contributed by atoms with van der Waals surface area (Å²) in [7, 11) is 1.85. The van der Waals surface area contributed by atoms with Crippen molar-refractivity contribution in [3.8, 4) is 22.6 Å². The van der Waals surface area contributed by atoms with Gasteiger partial charge in [-0.15, -0.1) is 0 Å². The number of aliphatic hydroxyl groups excluding tert-OH is 1. The van der Waals surface area contributed by atoms with Gasteiger partial charge in [-0.05, 0) is 68.4 Å². The minimum Gasteiger partial charge on any atom is -0.488 e. The number of benzene rings is 4. The van der Waals surface area contributed by atoms with Crippen LogP contribution in [0, 0.1) is 17.6 Å². The first-order valence-corrected chi connectivity index (χ1v) is 23.2. The van der Waals surface area contributed by atoms with E-state index in [1.807, 2.05) is 62.5 Å². The first kappa shape index (κ1) is 45.8. The fraction of sp³-hybridized carbons (Fsp3) is 0.408. The van der Waals surface area contributed by atoms with Crippen LogP contribution in [-0.4, -0.2) is 90.1 Å². The van der Waals surface area contributed by atoms with E-state index in [1.54, 1.807) is 4.68 Å². The number of anilines is 2. The van der Waals surface area contributed by atoms with E-state index in [4.69, 9.17) is 26.8 Å². The predicted molar refractivity (Wildman–Crippen MR) is 248 cm³/mol. The number of halogens is 3. The van der Waals surface area contributed by atoms with Gasteiger partial charge in [0, 0.05) is 91.7 Å². The number of ether oxygens (including phenoxy) is 2. The Kier molecular flexibility index (Phi) is 12.8. The van der Waals surface area contributed by atoms with E-state index in [1.165, 1.54) is 23.1 Å². The molecule has 1 saturated carbocycles. The summed E-state index contributed by atoms with van der Waals surface area (Å²) in [6.45, 7) is 3.27. The lowest BCUT2D eigenvalue weighted by atomic mass is 9.77. The summed E-state index contributed by atoms with van der Waals surface area (Å²) in [4.78, 5) is 54.7. The molecule has 352 valence electrons. The molecule has 4 aliphatic rings. The molecule has 3 aliphatic heterocycles. The average Bonchev–Trinajstić information content (AvgIpc) is 3.81. The van der Waals surface area contributed by atoms with Crippen molar-refractivity contribution in [2.45, 2.75) is 75.5 Å². The highest BCUT2D eigenvalue weighted by Gasteiger charge is 2.50. The van der Waals surface area contributed by atoms with Gasteiger partial charge in [-0.25, -0.2) is 13.6 Å². The Hall–Kier alpha value is -6.30. The van der Waals surface area contributed by atoms with Gasteiger partial charge in [0.2, 0.25) is 17.7 Å². The van der Waals surface area contributed by atoms with Crippen LogP contribution in [0.4, 0.5) is 25.1 Å². The van der Waals surface area contributed by atoms with Gasteiger partial charge in [0.1, 0.15) is 18.2 Å². The van der Waals surface area contributed by atoms with E-state index in [0.29, 0.717) is 24.2 Å². The standard InChI is InChI=1S/C49H53ClF2N8O7/c1-27-39-37(25-34(51)42(50)41(39)40-32(45(53)63)15-16-36(43(40)52)66-24-23-61)67-49(27,29-7-4-3-5-8-29)26-54-30-13-11-28(12-14-30)47(64)55-31-17-20-59(21-18-31)35-10-6-9-33-44(35)58(2)57-46(33)60-22-19-38(62)56-48(60)65/h3-10,15-16,25,27-28,30-31,54,61H,11-14,17-24,26H2,1-2H3,(H2,53,63)(H,55,64)(H,56,62,65)/t27-,28?,30?,49-/m0/s1. The number of nitrogens with two attached hydrogens (primary N) is 1. The van der Waals surface area contributed by atoms with Crippen LogP contribution in [0.5, 0.6) is 11.5 Å². The SMILES string of the molecule is C[C@H]1c2c(cc(F)c(Cl)c2-c2c(C(N)=O)ccc(OCCO)c2F)O[C@]1(CNC1CCC(C(=O)NC2CCN(c3cccc4c(N5CCC(=O)NC5=O)nn(C)c34)CC2)CC1)c1ccccc1. The molecule has 6 N–H and O–H groups in total. The molecule has 18 heteroatoms. The third-order valence-electron chi connectivity index (χ3n) is 13.9. The molecule has 0 unspecified atom stereocenters. The maximum Gasteiger partial charge on any atom is 0.329 e. The molecule has 67 heavy (non-hydrogen) atoms. The number of imide groups is 1. The lowest BCUT2D eigenvalue weighted by molar-refractivity contribution is -0.127. The topological polar surface area (TPSA) is 193 Å². The third kappa shape index (κ3) is 8.52. The molecule has 4 heterocycles. The molecule has 3 fully saturated rings. The maximum absolute atomic E-state index is 16.4. The lowest BCUT2D eigenvalue weighted by Gasteiger charge is -2.38. The fourth-order valence-electron chi connectivity index (χ4n) is 10.4. The Morgan fingerprint density at radius 2 is 1.73 bits per heavy atom. The minimum atomic E-state index is -1.12. The van der Waals surface area contributed by atoms with Crippen LogP contribution in [0.1, 0.15) is 79.3 Å². The van der Waals surface area contributed by atoms with Crippen molar-refractivity contribution in [3.05, 3.63) is 100 Å². The summed E-state index contributed by atoms with van der Waals surface area (Å²) >= 11 is 6.70. The number of hydrogen-bond acceptors (Lipinski definition) is 10. The summed E-state index contributed by atoms with van der Waals surface area (Å²) in [5, 5.41) is 23.9. The van der Waals surface area contributed by atoms with E-state index in [0.717, 1.165) is 60.9 Å². The van der Waals surface area contributed by atoms with Crippen molar-refractivity contribution in [2.75, 3.05) is 49.2 Å². The smallest absolute Gasteiger partial charge is 0.329 e. The number of para-hydroxylation sites is 1. The normalized spacial score (nSPS) is 22.1. The molecule has 0 bridgehead atoms. The Balaban J connectivity index is 0.856. The molecule has 0 spiro atoms. The van der Waals surface area contributed by atoms with Crippen molar-refractivity contribution in [1.29, 1.82) is 0 Å². The monoisotopic (exact) mass is 938 g/mol. The molecule has 2 atom stereocenters. The first-order chi connectivity index (χ1) is 32.3. The number of urea groups is 1. The number of primary amides is 1. The van der Waals surface area contributed by atoms with Crippen molar-refractivity contribution < 1.29 is 42.5 Å². The van der Waals surface area contributed by atoms with E-state index in [2.05, 4.69) is 25.9 Å². The van der Waals surface area contributed by atoms with Crippen LogP contribution in [0.2, 0.25) is 5.02 Å². The summed E-state index contributed by atoms with van der Waals surface area (Å²) in [6.07, 6.45) is 4.55. The molecular formula is C49H53ClF2N8O7. The number of nitrogens with one attached hydrogen (secondary N) is 3. The number of aryl methyl sites for hydroxylation is 1. The van der Waals surface area contributed by atoms with Crippen molar-refractivity contribution >= 4 is 57.8 Å². The number of piperidine rings is 1. The van der Waals surface area contributed by atoms with Gasteiger partial charge in [-0.3, -0.25) is 29.3 Å². The van der Waals surface area contributed by atoms with Gasteiger partial charge < -0.3 is 35.8 Å². The van der Waals surface area contributed by atoms with Gasteiger partial charge in [0.05, 0.1) is 28.4 Å². The van der Waals surface area contributed by atoms with Gasteiger partial charge in [-0.1, -0.05) is 54.9 Å². The van der Waals surface area contributed by atoms with Crippen LogP contribution in [0.3, 0.4) is 0 Å². The molecule has 2 saturated heterocycles. The number of aromatic nitrogens is 2. The van der Waals surface area contributed by atoms with Crippen LogP contribution in [0.25, 0.3) is 22.0 Å². The molecule has 9 rings (SSSR count). The molecule has 15 nitrogen and oxygen atoms in total. The average molecular weight is 939 g/mol. The van der Waals surface area contributed by atoms with Crippen LogP contribution in [0.15, 0.2) is 66.7 Å². The molecular weight excluding hydrogens is 886 g/mol. The highest BCUT2D eigenvalue weighted by molar-refractivity contribution is 6.34. The second kappa shape index (κ2) is 18.8. The third-order valence-corrected chi connectivity index (χ3v) is 14.3. The highest BCUT2D eigenvalue weighted by Crippen LogP contribution is 2.56. The summed E-state index contributed by atoms with van der Waals surface area (Å²) in [5.41, 5.74) is 7.10. The fourth-order valence-corrected chi connectivity index (χ4v) is 10.7. The molecule has 1 aliphatic carbocycles. The van der Waals surface area contributed by atoms with Crippen molar-refractivity contribution in [3.63, 3.8) is 0 Å². The van der Waals surface area contributed by atoms with E-state index < -0.39 is 40.1 Å². The number of aliphatic hydroxyl groups is 1. The van der Waals surface area contributed by atoms with Gasteiger partial charge in [0.25, 0.3) is 0 Å². The minimum absolute atomic E-state index is 0.0233. The Labute approximate surface area is 390 Å². The van der Waals surface area contributed by atoms with E-state index in [-0.39, 0.29) is 90.7 Å². The Morgan fingerprint density at radius 3 is 2.43 bits per heavy atom. The molecule has 0 radical (unpaired) electrons. The van der Waals surface area contributed by atoms with Crippen molar-refractivity contribution in [1.82, 2.24) is 25.7 Å². The van der Waals surface area contributed by atoms with E-state index in [9.17, 15) is 24.3 Å². The predicted octanol–water partition coefficient (Wildman–Crippen LogP) is 6.41. The number of nitrogens with zero attached hydrogens (tertiary/aromatic N) is 4. The molecule has 1 aromatic heterocycles. The molecule has 5 amide bonds. The number of rotatable bonds is 13.